The first-order chi connectivity index (χ1) is 10.0. The fourth-order valence-corrected chi connectivity index (χ4v) is 2.59. The Kier molecular flexibility index (Phi) is 3.53. The molecule has 0 spiro atoms. The molecular weight excluding hydrogens is 311 g/mol. The highest BCUT2D eigenvalue weighted by molar-refractivity contribution is 6.35. The van der Waals surface area contributed by atoms with E-state index in [9.17, 15) is 4.79 Å². The number of aromatic nitrogens is 3. The summed E-state index contributed by atoms with van der Waals surface area (Å²) in [5.74, 6) is -0.277. The first kappa shape index (κ1) is 13.9. The first-order valence-electron chi connectivity index (χ1n) is 6.12. The normalized spacial score (nSPS) is 10.8. The summed E-state index contributed by atoms with van der Waals surface area (Å²) in [6.45, 7) is 1.80. The molecule has 0 fully saturated rings. The maximum absolute atomic E-state index is 12.3. The van der Waals surface area contributed by atoms with E-state index in [0.717, 1.165) is 16.5 Å². The van der Waals surface area contributed by atoms with Crippen LogP contribution in [0.4, 0.5) is 5.69 Å². The molecule has 2 aromatic heterocycles. The smallest absolute Gasteiger partial charge is 0.255 e. The summed E-state index contributed by atoms with van der Waals surface area (Å²) < 4.78 is 0. The van der Waals surface area contributed by atoms with Gasteiger partial charge in [0.25, 0.3) is 5.91 Å². The van der Waals surface area contributed by atoms with E-state index >= 15 is 0 Å². The van der Waals surface area contributed by atoms with Gasteiger partial charge in [0.2, 0.25) is 0 Å². The molecule has 0 saturated carbocycles. The maximum Gasteiger partial charge on any atom is 0.255 e. The molecule has 3 aromatic rings. The lowest BCUT2D eigenvalue weighted by Gasteiger charge is -2.10. The molecule has 3 rings (SSSR count). The molecule has 1 amide bonds. The molecule has 0 atom stereocenters. The van der Waals surface area contributed by atoms with Gasteiger partial charge in [-0.25, -0.2) is 4.98 Å². The van der Waals surface area contributed by atoms with Gasteiger partial charge in [0.15, 0.2) is 5.15 Å². The van der Waals surface area contributed by atoms with Crippen LogP contribution in [-0.4, -0.2) is 21.1 Å². The predicted molar refractivity (Wildman–Crippen MR) is 83.0 cm³/mol. The van der Waals surface area contributed by atoms with Crippen molar-refractivity contribution in [2.45, 2.75) is 6.92 Å². The van der Waals surface area contributed by atoms with Crippen LogP contribution in [0.15, 0.2) is 30.5 Å². The van der Waals surface area contributed by atoms with Gasteiger partial charge in [-0.1, -0.05) is 29.3 Å². The van der Waals surface area contributed by atoms with Crippen molar-refractivity contribution in [2.24, 2.45) is 0 Å². The Hall–Kier alpha value is -2.11. The van der Waals surface area contributed by atoms with Crippen molar-refractivity contribution in [3.05, 3.63) is 51.9 Å². The van der Waals surface area contributed by atoms with Crippen molar-refractivity contribution in [3.8, 4) is 0 Å². The average Bonchev–Trinajstić information content (AvgIpc) is 2.89. The van der Waals surface area contributed by atoms with E-state index in [-0.39, 0.29) is 16.2 Å². The number of benzene rings is 1. The molecule has 0 aliphatic rings. The topological polar surface area (TPSA) is 70.7 Å². The lowest BCUT2D eigenvalue weighted by molar-refractivity contribution is 0.102. The standard InChI is InChI=1S/C14H10Cl2N4O/c1-7-4-11(15)18-13(16)12(7)19-14(21)8-2-3-9-6-17-20-10(9)5-8/h2-6H,1H3,(H,17,20)(H,19,21). The number of nitrogens with one attached hydrogen (secondary N) is 2. The lowest BCUT2D eigenvalue weighted by Crippen LogP contribution is -2.13. The van der Waals surface area contributed by atoms with Gasteiger partial charge in [-0.2, -0.15) is 5.10 Å². The summed E-state index contributed by atoms with van der Waals surface area (Å²) in [7, 11) is 0. The molecule has 2 N–H and O–H groups in total. The molecule has 106 valence electrons. The summed E-state index contributed by atoms with van der Waals surface area (Å²) >= 11 is 11.8. The number of aryl methyl sites for hydroxylation is 1. The van der Waals surface area contributed by atoms with Crippen LogP contribution in [0.5, 0.6) is 0 Å². The number of halogens is 2. The minimum atomic E-state index is -0.277. The number of carbonyl (C=O) groups excluding carboxylic acids is 1. The van der Waals surface area contributed by atoms with E-state index in [1.54, 1.807) is 31.3 Å². The van der Waals surface area contributed by atoms with Crippen molar-refractivity contribution < 1.29 is 4.79 Å². The van der Waals surface area contributed by atoms with E-state index in [2.05, 4.69) is 20.5 Å². The summed E-state index contributed by atoms with van der Waals surface area (Å²) in [6.07, 6.45) is 1.70. The highest BCUT2D eigenvalue weighted by atomic mass is 35.5. The van der Waals surface area contributed by atoms with Crippen LogP contribution in [0.3, 0.4) is 0 Å². The van der Waals surface area contributed by atoms with Gasteiger partial charge >= 0.3 is 0 Å². The second kappa shape index (κ2) is 5.35. The largest absolute Gasteiger partial charge is 0.319 e. The van der Waals surface area contributed by atoms with Crippen LogP contribution in [-0.2, 0) is 0 Å². The van der Waals surface area contributed by atoms with Crippen LogP contribution >= 0.6 is 23.2 Å². The van der Waals surface area contributed by atoms with Gasteiger partial charge in [-0.15, -0.1) is 0 Å². The number of hydrogen-bond acceptors (Lipinski definition) is 3. The number of H-pyrrole nitrogens is 1. The number of rotatable bonds is 2. The lowest BCUT2D eigenvalue weighted by atomic mass is 10.1. The number of pyridine rings is 1. The van der Waals surface area contributed by atoms with Gasteiger partial charge in [0, 0.05) is 10.9 Å². The van der Waals surface area contributed by atoms with E-state index < -0.39 is 0 Å². The van der Waals surface area contributed by atoms with E-state index in [0.29, 0.717) is 11.3 Å². The Morgan fingerprint density at radius 3 is 2.86 bits per heavy atom. The Morgan fingerprint density at radius 1 is 1.29 bits per heavy atom. The zero-order valence-corrected chi connectivity index (χ0v) is 12.5. The van der Waals surface area contributed by atoms with E-state index in [4.69, 9.17) is 23.2 Å². The number of aromatic amines is 1. The van der Waals surface area contributed by atoms with E-state index in [1.165, 1.54) is 0 Å². The Balaban J connectivity index is 1.92. The van der Waals surface area contributed by atoms with Gasteiger partial charge in [-0.05, 0) is 30.7 Å². The van der Waals surface area contributed by atoms with Crippen LogP contribution in [0.25, 0.3) is 10.9 Å². The Labute approximate surface area is 130 Å². The van der Waals surface area contributed by atoms with Crippen LogP contribution in [0.2, 0.25) is 10.3 Å². The fourth-order valence-electron chi connectivity index (χ4n) is 2.01. The van der Waals surface area contributed by atoms with Gasteiger partial charge < -0.3 is 5.32 Å². The van der Waals surface area contributed by atoms with Crippen LogP contribution in [0, 0.1) is 6.92 Å². The molecule has 21 heavy (non-hydrogen) atoms. The second-order valence-corrected chi connectivity index (χ2v) is 5.30. The molecule has 0 aliphatic carbocycles. The number of hydrogen-bond donors (Lipinski definition) is 2. The zero-order chi connectivity index (χ0) is 15.0. The third-order valence-corrected chi connectivity index (χ3v) is 3.55. The Morgan fingerprint density at radius 2 is 2.10 bits per heavy atom. The van der Waals surface area contributed by atoms with Crippen molar-refractivity contribution in [1.82, 2.24) is 15.2 Å². The molecule has 2 heterocycles. The van der Waals surface area contributed by atoms with Gasteiger partial charge in [0.05, 0.1) is 17.4 Å². The number of nitrogens with zero attached hydrogens (tertiary/aromatic N) is 2. The number of amides is 1. The maximum atomic E-state index is 12.3. The van der Waals surface area contributed by atoms with Crippen molar-refractivity contribution >= 4 is 45.7 Å². The molecule has 5 nitrogen and oxygen atoms in total. The SMILES string of the molecule is Cc1cc(Cl)nc(Cl)c1NC(=O)c1ccc2cn[nH]c2c1. The fraction of sp³-hybridized carbons (Fsp3) is 0.0714. The van der Waals surface area contributed by atoms with Crippen molar-refractivity contribution in [2.75, 3.05) is 5.32 Å². The quantitative estimate of drug-likeness (QED) is 0.705. The molecule has 1 aromatic carbocycles. The molecule has 0 aliphatic heterocycles. The second-order valence-electron chi connectivity index (χ2n) is 4.55. The van der Waals surface area contributed by atoms with Gasteiger partial charge in [-0.3, -0.25) is 9.89 Å². The third kappa shape index (κ3) is 2.70. The molecule has 7 heteroatoms. The minimum absolute atomic E-state index is 0.163. The number of fused-ring (bicyclic) bond motifs is 1. The number of anilines is 1. The summed E-state index contributed by atoms with van der Waals surface area (Å²) in [5.41, 5.74) is 2.49. The van der Waals surface area contributed by atoms with Crippen molar-refractivity contribution in [1.29, 1.82) is 0 Å². The summed E-state index contributed by atoms with van der Waals surface area (Å²) in [6, 6.07) is 6.91. The first-order valence-corrected chi connectivity index (χ1v) is 6.87. The third-order valence-electron chi connectivity index (χ3n) is 3.08. The molecule has 0 saturated heterocycles. The highest BCUT2D eigenvalue weighted by Gasteiger charge is 2.13. The zero-order valence-electron chi connectivity index (χ0n) is 10.9. The van der Waals surface area contributed by atoms with Crippen LogP contribution < -0.4 is 5.32 Å². The van der Waals surface area contributed by atoms with Crippen LogP contribution in [0.1, 0.15) is 15.9 Å². The minimum Gasteiger partial charge on any atom is -0.319 e. The van der Waals surface area contributed by atoms with E-state index in [1.807, 2.05) is 6.07 Å². The molecule has 0 unspecified atom stereocenters. The highest BCUT2D eigenvalue weighted by Crippen LogP contribution is 2.27. The van der Waals surface area contributed by atoms with Crippen molar-refractivity contribution in [3.63, 3.8) is 0 Å². The Bertz CT molecular complexity index is 821. The molecule has 0 radical (unpaired) electrons. The molecule has 0 bridgehead atoms. The monoisotopic (exact) mass is 320 g/mol. The summed E-state index contributed by atoms with van der Waals surface area (Å²) in [5, 5.41) is 10.9. The molecular formula is C14H10Cl2N4O. The summed E-state index contributed by atoms with van der Waals surface area (Å²) in [4.78, 5) is 16.2. The predicted octanol–water partition coefficient (Wildman–Crippen LogP) is 3.83. The van der Waals surface area contributed by atoms with Gasteiger partial charge in [0.1, 0.15) is 5.15 Å². The number of carbonyl (C=O) groups is 1. The average molecular weight is 321 g/mol.